The quantitative estimate of drug-likeness (QED) is 0.902. The SMILES string of the molecule is CCNC(c1ccsc1)c1cc(C)nnc1C. The molecule has 0 spiro atoms. The van der Waals surface area contributed by atoms with Crippen LogP contribution in [0.1, 0.15) is 35.5 Å². The highest BCUT2D eigenvalue weighted by Crippen LogP contribution is 2.25. The number of nitrogens with zero attached hydrogens (tertiary/aromatic N) is 2. The largest absolute Gasteiger partial charge is 0.306 e. The van der Waals surface area contributed by atoms with Gasteiger partial charge in [0, 0.05) is 0 Å². The van der Waals surface area contributed by atoms with Crippen LogP contribution in [0.25, 0.3) is 0 Å². The minimum Gasteiger partial charge on any atom is -0.306 e. The second-order valence-corrected chi connectivity index (χ2v) is 4.85. The standard InChI is InChI=1S/C13H17N3S/c1-4-14-13(11-5-6-17-8-11)12-7-9(2)15-16-10(12)3/h5-8,13-14H,4H2,1-3H3. The molecule has 0 aromatic carbocycles. The number of hydrogen-bond donors (Lipinski definition) is 1. The summed E-state index contributed by atoms with van der Waals surface area (Å²) in [5.41, 5.74) is 4.47. The Labute approximate surface area is 106 Å². The molecule has 2 aromatic heterocycles. The van der Waals surface area contributed by atoms with E-state index < -0.39 is 0 Å². The third-order valence-electron chi connectivity index (χ3n) is 2.74. The Morgan fingerprint density at radius 1 is 1.35 bits per heavy atom. The lowest BCUT2D eigenvalue weighted by molar-refractivity contribution is 0.622. The van der Waals surface area contributed by atoms with E-state index >= 15 is 0 Å². The minimum atomic E-state index is 0.223. The average Bonchev–Trinajstić information content (AvgIpc) is 2.83. The van der Waals surface area contributed by atoms with Crippen molar-refractivity contribution in [2.75, 3.05) is 6.54 Å². The summed E-state index contributed by atoms with van der Waals surface area (Å²) in [5.74, 6) is 0. The van der Waals surface area contributed by atoms with Crippen molar-refractivity contribution in [2.45, 2.75) is 26.8 Å². The maximum absolute atomic E-state index is 4.21. The maximum Gasteiger partial charge on any atom is 0.0651 e. The number of aromatic nitrogens is 2. The van der Waals surface area contributed by atoms with E-state index in [1.54, 1.807) is 11.3 Å². The Morgan fingerprint density at radius 3 is 2.82 bits per heavy atom. The van der Waals surface area contributed by atoms with Crippen LogP contribution in [0.3, 0.4) is 0 Å². The molecule has 0 aliphatic heterocycles. The van der Waals surface area contributed by atoms with E-state index in [2.05, 4.69) is 45.3 Å². The fourth-order valence-electron chi connectivity index (χ4n) is 1.91. The molecule has 2 rings (SSSR count). The fourth-order valence-corrected chi connectivity index (χ4v) is 2.60. The third-order valence-corrected chi connectivity index (χ3v) is 3.44. The Morgan fingerprint density at radius 2 is 2.18 bits per heavy atom. The monoisotopic (exact) mass is 247 g/mol. The van der Waals surface area contributed by atoms with Gasteiger partial charge in [-0.2, -0.15) is 21.5 Å². The predicted molar refractivity (Wildman–Crippen MR) is 71.3 cm³/mol. The van der Waals surface area contributed by atoms with Gasteiger partial charge in [0.1, 0.15) is 0 Å². The molecule has 1 N–H and O–H groups in total. The summed E-state index contributed by atoms with van der Waals surface area (Å²) in [6, 6.07) is 4.50. The summed E-state index contributed by atoms with van der Waals surface area (Å²) in [5, 5.41) is 16.1. The van der Waals surface area contributed by atoms with Gasteiger partial charge in [0.25, 0.3) is 0 Å². The van der Waals surface area contributed by atoms with Gasteiger partial charge in [0.05, 0.1) is 17.4 Å². The zero-order valence-corrected chi connectivity index (χ0v) is 11.2. The minimum absolute atomic E-state index is 0.223. The lowest BCUT2D eigenvalue weighted by Crippen LogP contribution is -2.23. The predicted octanol–water partition coefficient (Wildman–Crippen LogP) is 2.85. The highest BCUT2D eigenvalue weighted by atomic mass is 32.1. The van der Waals surface area contributed by atoms with Gasteiger partial charge in [-0.05, 0) is 54.4 Å². The lowest BCUT2D eigenvalue weighted by atomic mass is 10.00. The van der Waals surface area contributed by atoms with Gasteiger partial charge < -0.3 is 5.32 Å². The molecule has 0 aliphatic rings. The van der Waals surface area contributed by atoms with E-state index in [0.29, 0.717) is 0 Å². The van der Waals surface area contributed by atoms with Crippen LogP contribution in [-0.4, -0.2) is 16.7 Å². The second-order valence-electron chi connectivity index (χ2n) is 4.07. The zero-order chi connectivity index (χ0) is 12.3. The van der Waals surface area contributed by atoms with Crippen LogP contribution in [0.4, 0.5) is 0 Å². The van der Waals surface area contributed by atoms with Crippen molar-refractivity contribution in [3.05, 3.63) is 45.4 Å². The van der Waals surface area contributed by atoms with Gasteiger partial charge >= 0.3 is 0 Å². The smallest absolute Gasteiger partial charge is 0.0651 e. The van der Waals surface area contributed by atoms with E-state index in [1.807, 2.05) is 13.8 Å². The van der Waals surface area contributed by atoms with E-state index in [0.717, 1.165) is 17.9 Å². The van der Waals surface area contributed by atoms with E-state index in [4.69, 9.17) is 0 Å². The molecule has 0 saturated carbocycles. The van der Waals surface area contributed by atoms with Crippen LogP contribution in [0.5, 0.6) is 0 Å². The van der Waals surface area contributed by atoms with Crippen molar-refractivity contribution in [2.24, 2.45) is 0 Å². The first-order chi connectivity index (χ1) is 8.22. The number of hydrogen-bond acceptors (Lipinski definition) is 4. The first-order valence-corrected chi connectivity index (χ1v) is 6.73. The highest BCUT2D eigenvalue weighted by Gasteiger charge is 2.16. The molecule has 1 atom stereocenters. The summed E-state index contributed by atoms with van der Waals surface area (Å²) in [6.45, 7) is 7.04. The van der Waals surface area contributed by atoms with E-state index in [9.17, 15) is 0 Å². The summed E-state index contributed by atoms with van der Waals surface area (Å²) in [7, 11) is 0. The van der Waals surface area contributed by atoms with Crippen LogP contribution in [0, 0.1) is 13.8 Å². The Hall–Kier alpha value is -1.26. The van der Waals surface area contributed by atoms with Crippen LogP contribution in [-0.2, 0) is 0 Å². The summed E-state index contributed by atoms with van der Waals surface area (Å²) >= 11 is 1.72. The summed E-state index contributed by atoms with van der Waals surface area (Å²) in [6.07, 6.45) is 0. The highest BCUT2D eigenvalue weighted by molar-refractivity contribution is 7.08. The van der Waals surface area contributed by atoms with Gasteiger partial charge in [-0.1, -0.05) is 6.92 Å². The van der Waals surface area contributed by atoms with E-state index in [1.165, 1.54) is 11.1 Å². The molecule has 0 bridgehead atoms. The number of rotatable bonds is 4. The average molecular weight is 247 g/mol. The first kappa shape index (κ1) is 12.2. The van der Waals surface area contributed by atoms with Gasteiger partial charge in [-0.15, -0.1) is 0 Å². The molecule has 90 valence electrons. The molecule has 0 saturated heterocycles. The lowest BCUT2D eigenvalue weighted by Gasteiger charge is -2.19. The van der Waals surface area contributed by atoms with Crippen LogP contribution >= 0.6 is 11.3 Å². The molecule has 2 aromatic rings. The topological polar surface area (TPSA) is 37.8 Å². The molecule has 1 unspecified atom stereocenters. The summed E-state index contributed by atoms with van der Waals surface area (Å²) < 4.78 is 0. The molecular formula is C13H17N3S. The molecule has 17 heavy (non-hydrogen) atoms. The zero-order valence-electron chi connectivity index (χ0n) is 10.4. The first-order valence-electron chi connectivity index (χ1n) is 5.78. The van der Waals surface area contributed by atoms with Crippen molar-refractivity contribution < 1.29 is 0 Å². The molecule has 0 fully saturated rings. The number of thiophene rings is 1. The normalized spacial score (nSPS) is 12.6. The van der Waals surface area contributed by atoms with Gasteiger partial charge in [0.15, 0.2) is 0 Å². The third kappa shape index (κ3) is 2.70. The van der Waals surface area contributed by atoms with Gasteiger partial charge in [-0.3, -0.25) is 0 Å². The van der Waals surface area contributed by atoms with Crippen molar-refractivity contribution in [1.29, 1.82) is 0 Å². The van der Waals surface area contributed by atoms with Crippen molar-refractivity contribution in [3.63, 3.8) is 0 Å². The van der Waals surface area contributed by atoms with Gasteiger partial charge in [-0.25, -0.2) is 0 Å². The summed E-state index contributed by atoms with van der Waals surface area (Å²) in [4.78, 5) is 0. The molecule has 0 radical (unpaired) electrons. The van der Waals surface area contributed by atoms with E-state index in [-0.39, 0.29) is 6.04 Å². The van der Waals surface area contributed by atoms with Crippen LogP contribution in [0.15, 0.2) is 22.9 Å². The molecule has 0 amide bonds. The molecule has 4 heteroatoms. The Bertz CT molecular complexity index is 479. The van der Waals surface area contributed by atoms with Crippen molar-refractivity contribution in [1.82, 2.24) is 15.5 Å². The Kier molecular flexibility index (Phi) is 3.86. The van der Waals surface area contributed by atoms with Crippen molar-refractivity contribution in [3.8, 4) is 0 Å². The second kappa shape index (κ2) is 5.38. The van der Waals surface area contributed by atoms with Crippen molar-refractivity contribution >= 4 is 11.3 Å². The Balaban J connectivity index is 2.42. The number of aryl methyl sites for hydroxylation is 2. The fraction of sp³-hybridized carbons (Fsp3) is 0.385. The van der Waals surface area contributed by atoms with Crippen LogP contribution in [0.2, 0.25) is 0 Å². The molecular weight excluding hydrogens is 230 g/mol. The van der Waals surface area contributed by atoms with Crippen LogP contribution < -0.4 is 5.32 Å². The molecule has 0 aliphatic carbocycles. The molecule has 3 nitrogen and oxygen atoms in total. The number of nitrogens with one attached hydrogen (secondary N) is 1. The maximum atomic E-state index is 4.21. The molecule has 2 heterocycles. The van der Waals surface area contributed by atoms with Gasteiger partial charge in [0.2, 0.25) is 0 Å².